The van der Waals surface area contributed by atoms with Crippen LogP contribution in [0.1, 0.15) is 16.1 Å². The molecule has 38 heavy (non-hydrogen) atoms. The van der Waals surface area contributed by atoms with Gasteiger partial charge in [-0.15, -0.1) is 0 Å². The number of imidazole rings is 1. The Morgan fingerprint density at radius 3 is 2.47 bits per heavy atom. The van der Waals surface area contributed by atoms with E-state index in [0.717, 1.165) is 6.07 Å². The number of aromatic nitrogens is 4. The molecule has 2 aromatic heterocycles. The van der Waals surface area contributed by atoms with E-state index in [1.807, 2.05) is 4.90 Å². The molecule has 0 radical (unpaired) electrons. The summed E-state index contributed by atoms with van der Waals surface area (Å²) in [6.45, 7) is 2.00. The number of benzene rings is 2. The molecule has 5 rings (SSSR count). The van der Waals surface area contributed by atoms with Crippen LogP contribution in [0.5, 0.6) is 11.5 Å². The quantitative estimate of drug-likeness (QED) is 0.337. The first-order valence-corrected chi connectivity index (χ1v) is 11.6. The normalized spacial score (nSPS) is 13.8. The zero-order valence-electron chi connectivity index (χ0n) is 20.5. The Bertz CT molecular complexity index is 1510. The fraction of sp³-hybridized carbons (Fsp3) is 0.240. The van der Waals surface area contributed by atoms with Crippen LogP contribution < -0.4 is 20.1 Å². The molecule has 1 aliphatic heterocycles. The first-order valence-electron chi connectivity index (χ1n) is 11.6. The van der Waals surface area contributed by atoms with E-state index in [0.29, 0.717) is 25.3 Å². The van der Waals surface area contributed by atoms with Gasteiger partial charge in [-0.2, -0.15) is 0 Å². The van der Waals surface area contributed by atoms with Gasteiger partial charge in [0.15, 0.2) is 23.1 Å². The molecule has 2 aromatic carbocycles. The van der Waals surface area contributed by atoms with Gasteiger partial charge >= 0.3 is 0 Å². The van der Waals surface area contributed by atoms with E-state index in [4.69, 9.17) is 9.47 Å². The number of nitrogens with zero attached hydrogens (tertiary/aromatic N) is 4. The molecule has 0 bridgehead atoms. The summed E-state index contributed by atoms with van der Waals surface area (Å²) >= 11 is 0. The third-order valence-electron chi connectivity index (χ3n) is 6.08. The molecule has 2 amide bonds. The van der Waals surface area contributed by atoms with Crippen molar-refractivity contribution in [3.8, 4) is 22.6 Å². The molecule has 11 nitrogen and oxygen atoms in total. The number of carbonyl (C=O) groups is 2. The second-order valence-corrected chi connectivity index (χ2v) is 8.47. The van der Waals surface area contributed by atoms with Gasteiger partial charge in [-0.05, 0) is 6.07 Å². The molecule has 0 atom stereocenters. The highest BCUT2D eigenvalue weighted by Crippen LogP contribution is 2.40. The van der Waals surface area contributed by atoms with Crippen LogP contribution >= 0.6 is 0 Å². The Balaban J connectivity index is 1.46. The molecule has 0 saturated carbocycles. The number of ether oxygens (including phenoxy) is 2. The van der Waals surface area contributed by atoms with E-state index < -0.39 is 23.1 Å². The van der Waals surface area contributed by atoms with Crippen LogP contribution in [-0.4, -0.2) is 70.5 Å². The van der Waals surface area contributed by atoms with Gasteiger partial charge in [0.25, 0.3) is 5.91 Å². The predicted molar refractivity (Wildman–Crippen MR) is 133 cm³/mol. The molecule has 196 valence electrons. The lowest BCUT2D eigenvalue weighted by Crippen LogP contribution is -2.47. The summed E-state index contributed by atoms with van der Waals surface area (Å²) in [5.41, 5.74) is 0.737. The molecule has 0 unspecified atom stereocenters. The smallest absolute Gasteiger partial charge is 0.260 e. The minimum atomic E-state index is -0.941. The van der Waals surface area contributed by atoms with Gasteiger partial charge in [0.1, 0.15) is 5.52 Å². The SMILES string of the molecule is COc1cc(OC)c(F)c(-c2ccc(C(=O)Nc3ncc(CN4CCNC(=O)C4)[nH]3)c3nccnc23)c1F. The number of piperazine rings is 1. The van der Waals surface area contributed by atoms with Crippen LogP contribution in [0.25, 0.3) is 22.2 Å². The van der Waals surface area contributed by atoms with E-state index in [-0.39, 0.29) is 52.1 Å². The number of methoxy groups -OCH3 is 2. The predicted octanol–water partition coefficient (Wildman–Crippen LogP) is 2.50. The number of nitrogens with one attached hydrogen (secondary N) is 3. The van der Waals surface area contributed by atoms with Crippen LogP contribution in [0.15, 0.2) is 36.8 Å². The molecule has 1 aliphatic rings. The second kappa shape index (κ2) is 10.4. The summed E-state index contributed by atoms with van der Waals surface area (Å²) < 4.78 is 40.5. The van der Waals surface area contributed by atoms with E-state index in [2.05, 4.69) is 30.6 Å². The summed E-state index contributed by atoms with van der Waals surface area (Å²) in [7, 11) is 2.52. The van der Waals surface area contributed by atoms with Gasteiger partial charge in [0, 0.05) is 43.7 Å². The monoisotopic (exact) mass is 523 g/mol. The van der Waals surface area contributed by atoms with E-state index in [1.165, 1.54) is 38.7 Å². The maximum Gasteiger partial charge on any atom is 0.260 e. The summed E-state index contributed by atoms with van der Waals surface area (Å²) in [5.74, 6) is -2.71. The molecule has 13 heteroatoms. The number of rotatable bonds is 7. The Labute approximate surface area is 215 Å². The van der Waals surface area contributed by atoms with Gasteiger partial charge in [-0.1, -0.05) is 6.07 Å². The molecule has 1 fully saturated rings. The lowest BCUT2D eigenvalue weighted by Gasteiger charge is -2.25. The number of hydrogen-bond donors (Lipinski definition) is 3. The fourth-order valence-electron chi connectivity index (χ4n) is 4.31. The molecular weight excluding hydrogens is 500 g/mol. The molecule has 1 saturated heterocycles. The first kappa shape index (κ1) is 25.0. The second-order valence-electron chi connectivity index (χ2n) is 8.47. The van der Waals surface area contributed by atoms with Crippen molar-refractivity contribution in [1.82, 2.24) is 30.2 Å². The Morgan fingerprint density at radius 2 is 1.79 bits per heavy atom. The number of amides is 2. The zero-order chi connectivity index (χ0) is 26.8. The third-order valence-corrected chi connectivity index (χ3v) is 6.08. The van der Waals surface area contributed by atoms with Crippen molar-refractivity contribution in [3.05, 3.63) is 59.7 Å². The summed E-state index contributed by atoms with van der Waals surface area (Å²) in [6.07, 6.45) is 4.31. The minimum absolute atomic E-state index is 0.0483. The van der Waals surface area contributed by atoms with Gasteiger partial charge in [0.2, 0.25) is 11.9 Å². The van der Waals surface area contributed by atoms with Crippen molar-refractivity contribution < 1.29 is 27.8 Å². The fourth-order valence-corrected chi connectivity index (χ4v) is 4.31. The average molecular weight is 524 g/mol. The highest BCUT2D eigenvalue weighted by molar-refractivity contribution is 6.13. The molecule has 3 N–H and O–H groups in total. The maximum absolute atomic E-state index is 15.2. The van der Waals surface area contributed by atoms with Gasteiger partial charge in [0.05, 0.1) is 49.3 Å². The number of anilines is 1. The number of aromatic amines is 1. The van der Waals surface area contributed by atoms with Gasteiger partial charge < -0.3 is 19.8 Å². The molecular formula is C25H23F2N7O4. The standard InChI is InChI=1S/C25H23F2N7O4/c1-37-16-9-17(38-2)21(27)19(20(16)26)14-3-4-15(23-22(14)29-5-6-30-23)24(36)33-25-31-10-13(32-25)11-34-8-7-28-18(35)12-34/h3-6,9-10H,7-8,11-12H2,1-2H3,(H,28,35)(H2,31,32,33,36). The van der Waals surface area contributed by atoms with Crippen LogP contribution in [0.2, 0.25) is 0 Å². The summed E-state index contributed by atoms with van der Waals surface area (Å²) in [5, 5.41) is 5.44. The number of hydrogen-bond acceptors (Lipinski definition) is 8. The number of fused-ring (bicyclic) bond motifs is 1. The van der Waals surface area contributed by atoms with E-state index in [1.54, 1.807) is 6.20 Å². The molecule has 3 heterocycles. The third kappa shape index (κ3) is 4.70. The Morgan fingerprint density at radius 1 is 1.08 bits per heavy atom. The molecule has 4 aromatic rings. The lowest BCUT2D eigenvalue weighted by atomic mass is 9.99. The first-order chi connectivity index (χ1) is 18.4. The van der Waals surface area contributed by atoms with Crippen molar-refractivity contribution in [2.45, 2.75) is 6.54 Å². The van der Waals surface area contributed by atoms with E-state index in [9.17, 15) is 9.59 Å². The zero-order valence-corrected chi connectivity index (χ0v) is 20.5. The Kier molecular flexibility index (Phi) is 6.83. The van der Waals surface area contributed by atoms with Gasteiger partial charge in [-0.3, -0.25) is 29.8 Å². The minimum Gasteiger partial charge on any atom is -0.494 e. The van der Waals surface area contributed by atoms with Crippen LogP contribution in [0.3, 0.4) is 0 Å². The van der Waals surface area contributed by atoms with Crippen molar-refractivity contribution in [1.29, 1.82) is 0 Å². The van der Waals surface area contributed by atoms with Crippen molar-refractivity contribution >= 4 is 28.8 Å². The highest BCUT2D eigenvalue weighted by atomic mass is 19.1. The molecule has 0 aliphatic carbocycles. The van der Waals surface area contributed by atoms with Gasteiger partial charge in [-0.25, -0.2) is 13.8 Å². The number of halogens is 2. The number of H-pyrrole nitrogens is 1. The van der Waals surface area contributed by atoms with Crippen LogP contribution in [-0.2, 0) is 11.3 Å². The van der Waals surface area contributed by atoms with E-state index >= 15 is 8.78 Å². The number of carbonyl (C=O) groups excluding carboxylic acids is 2. The lowest BCUT2D eigenvalue weighted by molar-refractivity contribution is -0.124. The van der Waals surface area contributed by atoms with Crippen molar-refractivity contribution in [2.75, 3.05) is 39.2 Å². The maximum atomic E-state index is 15.2. The highest BCUT2D eigenvalue weighted by Gasteiger charge is 2.25. The Hall–Kier alpha value is -4.65. The van der Waals surface area contributed by atoms with Crippen molar-refractivity contribution in [2.24, 2.45) is 0 Å². The van der Waals surface area contributed by atoms with Crippen LogP contribution in [0, 0.1) is 11.6 Å². The van der Waals surface area contributed by atoms with Crippen molar-refractivity contribution in [3.63, 3.8) is 0 Å². The van der Waals surface area contributed by atoms with Crippen LogP contribution in [0.4, 0.5) is 14.7 Å². The largest absolute Gasteiger partial charge is 0.494 e. The summed E-state index contributed by atoms with van der Waals surface area (Å²) in [4.78, 5) is 42.4. The average Bonchev–Trinajstić information content (AvgIpc) is 3.35. The summed E-state index contributed by atoms with van der Waals surface area (Å²) in [6, 6.07) is 3.91. The topological polar surface area (TPSA) is 134 Å². The molecule has 0 spiro atoms.